The molecule has 0 unspecified atom stereocenters. The summed E-state index contributed by atoms with van der Waals surface area (Å²) >= 11 is 0. The number of imidazole rings is 1. The second kappa shape index (κ2) is 5.57. The van der Waals surface area contributed by atoms with Crippen LogP contribution in [0.3, 0.4) is 0 Å². The van der Waals surface area contributed by atoms with Gasteiger partial charge in [-0.25, -0.2) is 9.97 Å². The quantitative estimate of drug-likeness (QED) is 0.804. The van der Waals surface area contributed by atoms with E-state index in [4.69, 9.17) is 0 Å². The van der Waals surface area contributed by atoms with Crippen LogP contribution in [0.4, 0.5) is 0 Å². The SMILES string of the molecule is Cn1ccnc1CN1CC[C@@H](Cc2cnc3[nH]ccc3c2)C1. The van der Waals surface area contributed by atoms with Crippen molar-refractivity contribution in [2.45, 2.75) is 19.4 Å². The fraction of sp³-hybridized carbons (Fsp3) is 0.412. The predicted molar refractivity (Wildman–Crippen MR) is 86.4 cm³/mol. The summed E-state index contributed by atoms with van der Waals surface area (Å²) in [4.78, 5) is 14.6. The van der Waals surface area contributed by atoms with Crippen LogP contribution in [-0.4, -0.2) is 37.5 Å². The number of hydrogen-bond acceptors (Lipinski definition) is 3. The van der Waals surface area contributed by atoms with E-state index in [1.165, 1.54) is 17.4 Å². The highest BCUT2D eigenvalue weighted by atomic mass is 15.2. The number of hydrogen-bond donors (Lipinski definition) is 1. The Morgan fingerprint density at radius 1 is 1.36 bits per heavy atom. The Morgan fingerprint density at radius 3 is 3.18 bits per heavy atom. The molecule has 1 aliphatic rings. The van der Waals surface area contributed by atoms with E-state index in [1.807, 2.05) is 24.8 Å². The van der Waals surface area contributed by atoms with Crippen LogP contribution < -0.4 is 0 Å². The highest BCUT2D eigenvalue weighted by Crippen LogP contribution is 2.23. The van der Waals surface area contributed by atoms with E-state index in [1.54, 1.807) is 0 Å². The molecule has 4 rings (SSSR count). The molecule has 0 amide bonds. The lowest BCUT2D eigenvalue weighted by molar-refractivity contribution is 0.305. The first-order valence-corrected chi connectivity index (χ1v) is 7.88. The second-order valence-electron chi connectivity index (χ2n) is 6.31. The lowest BCUT2D eigenvalue weighted by Crippen LogP contribution is -2.22. The molecule has 0 aromatic carbocycles. The third-order valence-electron chi connectivity index (χ3n) is 4.64. The van der Waals surface area contributed by atoms with Crippen molar-refractivity contribution in [2.24, 2.45) is 13.0 Å². The zero-order valence-corrected chi connectivity index (χ0v) is 12.9. The van der Waals surface area contributed by atoms with Crippen molar-refractivity contribution in [3.63, 3.8) is 0 Å². The number of nitrogens with one attached hydrogen (secondary N) is 1. The van der Waals surface area contributed by atoms with Gasteiger partial charge in [0.25, 0.3) is 0 Å². The first-order valence-electron chi connectivity index (χ1n) is 7.88. The molecule has 0 spiro atoms. The van der Waals surface area contributed by atoms with Gasteiger partial charge in [0.2, 0.25) is 0 Å². The monoisotopic (exact) mass is 295 g/mol. The Morgan fingerprint density at radius 2 is 2.32 bits per heavy atom. The van der Waals surface area contributed by atoms with Gasteiger partial charge in [-0.05, 0) is 43.0 Å². The van der Waals surface area contributed by atoms with Gasteiger partial charge in [0.15, 0.2) is 0 Å². The number of aryl methyl sites for hydroxylation is 1. The molecule has 3 aromatic heterocycles. The number of aromatic nitrogens is 4. The molecule has 0 bridgehead atoms. The maximum atomic E-state index is 4.49. The molecule has 114 valence electrons. The molecule has 1 N–H and O–H groups in total. The average molecular weight is 295 g/mol. The number of rotatable bonds is 4. The van der Waals surface area contributed by atoms with Crippen molar-refractivity contribution in [2.75, 3.05) is 13.1 Å². The van der Waals surface area contributed by atoms with Gasteiger partial charge in [0.05, 0.1) is 6.54 Å². The highest BCUT2D eigenvalue weighted by molar-refractivity contribution is 5.75. The van der Waals surface area contributed by atoms with Gasteiger partial charge in [0.1, 0.15) is 11.5 Å². The molecule has 0 radical (unpaired) electrons. The van der Waals surface area contributed by atoms with Gasteiger partial charge in [-0.15, -0.1) is 0 Å². The van der Waals surface area contributed by atoms with Crippen LogP contribution in [0.1, 0.15) is 17.8 Å². The second-order valence-corrected chi connectivity index (χ2v) is 6.31. The van der Waals surface area contributed by atoms with E-state index in [-0.39, 0.29) is 0 Å². The van der Waals surface area contributed by atoms with Crippen molar-refractivity contribution in [1.82, 2.24) is 24.4 Å². The van der Waals surface area contributed by atoms with E-state index in [0.29, 0.717) is 0 Å². The molecule has 5 heteroatoms. The molecular formula is C17H21N5. The van der Waals surface area contributed by atoms with Crippen LogP contribution >= 0.6 is 0 Å². The van der Waals surface area contributed by atoms with Crippen molar-refractivity contribution in [3.8, 4) is 0 Å². The Kier molecular flexibility index (Phi) is 3.42. The minimum absolute atomic E-state index is 0.721. The van der Waals surface area contributed by atoms with Crippen molar-refractivity contribution in [3.05, 3.63) is 48.3 Å². The molecular weight excluding hydrogens is 274 g/mol. The number of H-pyrrole nitrogens is 1. The van der Waals surface area contributed by atoms with E-state index in [0.717, 1.165) is 43.4 Å². The number of likely N-dealkylation sites (tertiary alicyclic amines) is 1. The molecule has 22 heavy (non-hydrogen) atoms. The van der Waals surface area contributed by atoms with Crippen molar-refractivity contribution >= 4 is 11.0 Å². The fourth-order valence-electron chi connectivity index (χ4n) is 3.40. The molecule has 0 aliphatic carbocycles. The average Bonchev–Trinajstić information content (AvgIpc) is 3.22. The summed E-state index contributed by atoms with van der Waals surface area (Å²) in [5.41, 5.74) is 2.32. The number of fused-ring (bicyclic) bond motifs is 1. The molecule has 3 aromatic rings. The Balaban J connectivity index is 1.39. The van der Waals surface area contributed by atoms with Gasteiger partial charge in [-0.3, -0.25) is 4.90 Å². The van der Waals surface area contributed by atoms with Crippen LogP contribution in [0.5, 0.6) is 0 Å². The van der Waals surface area contributed by atoms with Crippen LogP contribution in [0.15, 0.2) is 36.9 Å². The molecule has 1 saturated heterocycles. The highest BCUT2D eigenvalue weighted by Gasteiger charge is 2.23. The summed E-state index contributed by atoms with van der Waals surface area (Å²) in [6.07, 6.45) is 10.2. The van der Waals surface area contributed by atoms with Crippen LogP contribution in [-0.2, 0) is 20.0 Å². The van der Waals surface area contributed by atoms with Gasteiger partial charge in [-0.1, -0.05) is 0 Å². The number of aromatic amines is 1. The minimum atomic E-state index is 0.721. The van der Waals surface area contributed by atoms with Gasteiger partial charge in [0, 0.05) is 43.8 Å². The van der Waals surface area contributed by atoms with Gasteiger partial charge < -0.3 is 9.55 Å². The smallest absolute Gasteiger partial charge is 0.137 e. The van der Waals surface area contributed by atoms with Crippen molar-refractivity contribution < 1.29 is 0 Å². The van der Waals surface area contributed by atoms with E-state index < -0.39 is 0 Å². The summed E-state index contributed by atoms with van der Waals surface area (Å²) in [5, 5.41) is 1.21. The number of nitrogens with zero attached hydrogens (tertiary/aromatic N) is 4. The van der Waals surface area contributed by atoms with Crippen molar-refractivity contribution in [1.29, 1.82) is 0 Å². The Hall–Kier alpha value is -2.14. The maximum absolute atomic E-state index is 4.49. The third-order valence-corrected chi connectivity index (χ3v) is 4.64. The number of pyridine rings is 1. The first kappa shape index (κ1) is 13.5. The molecule has 1 aliphatic heterocycles. The van der Waals surface area contributed by atoms with E-state index in [2.05, 4.69) is 43.6 Å². The summed E-state index contributed by atoms with van der Waals surface area (Å²) in [6, 6.07) is 4.36. The molecule has 5 nitrogen and oxygen atoms in total. The van der Waals surface area contributed by atoms with Crippen LogP contribution in [0.25, 0.3) is 11.0 Å². The Labute approximate surface area is 130 Å². The normalized spacial score (nSPS) is 19.2. The van der Waals surface area contributed by atoms with Gasteiger partial charge in [-0.2, -0.15) is 0 Å². The Bertz CT molecular complexity index is 772. The summed E-state index contributed by atoms with van der Waals surface area (Å²) in [6.45, 7) is 3.27. The maximum Gasteiger partial charge on any atom is 0.137 e. The first-order chi connectivity index (χ1) is 10.8. The van der Waals surface area contributed by atoms with E-state index in [9.17, 15) is 0 Å². The minimum Gasteiger partial charge on any atom is -0.346 e. The molecule has 1 atom stereocenters. The summed E-state index contributed by atoms with van der Waals surface area (Å²) in [7, 11) is 2.06. The summed E-state index contributed by atoms with van der Waals surface area (Å²) in [5.74, 6) is 1.87. The topological polar surface area (TPSA) is 49.7 Å². The summed E-state index contributed by atoms with van der Waals surface area (Å²) < 4.78 is 2.11. The zero-order chi connectivity index (χ0) is 14.9. The third kappa shape index (κ3) is 2.64. The fourth-order valence-corrected chi connectivity index (χ4v) is 3.40. The lowest BCUT2D eigenvalue weighted by Gasteiger charge is -2.15. The predicted octanol–water partition coefficient (Wildman–Crippen LogP) is 2.36. The van der Waals surface area contributed by atoms with E-state index >= 15 is 0 Å². The molecule has 1 fully saturated rings. The molecule has 0 saturated carbocycles. The largest absolute Gasteiger partial charge is 0.346 e. The zero-order valence-electron chi connectivity index (χ0n) is 12.9. The van der Waals surface area contributed by atoms with Crippen LogP contribution in [0, 0.1) is 5.92 Å². The molecule has 4 heterocycles. The lowest BCUT2D eigenvalue weighted by atomic mass is 9.99. The standard InChI is InChI=1S/C17H21N5/c1-21-7-5-18-16(21)12-22-6-3-13(11-22)8-14-9-15-2-4-19-17(15)20-10-14/h2,4-5,7,9-10,13H,3,6,8,11-12H2,1H3,(H,19,20)/t13-/m0/s1. The van der Waals surface area contributed by atoms with Crippen LogP contribution in [0.2, 0.25) is 0 Å². The van der Waals surface area contributed by atoms with Gasteiger partial charge >= 0.3 is 0 Å².